The van der Waals surface area contributed by atoms with Crippen LogP contribution in [0.5, 0.6) is 0 Å². The number of carbonyl (C=O) groups is 1. The summed E-state index contributed by atoms with van der Waals surface area (Å²) in [5.74, 6) is -1.16. The summed E-state index contributed by atoms with van der Waals surface area (Å²) in [5.41, 5.74) is 1.00. The van der Waals surface area contributed by atoms with Gasteiger partial charge >= 0.3 is 5.97 Å². The first-order chi connectivity index (χ1) is 11.5. The minimum absolute atomic E-state index is 0.00824. The van der Waals surface area contributed by atoms with Crippen LogP contribution < -0.4 is 0 Å². The molecule has 7 nitrogen and oxygen atoms in total. The number of hydrogen-bond donors (Lipinski definition) is 2. The van der Waals surface area contributed by atoms with E-state index < -0.39 is 16.0 Å². The van der Waals surface area contributed by atoms with Gasteiger partial charge < -0.3 is 5.11 Å². The van der Waals surface area contributed by atoms with Gasteiger partial charge in [-0.2, -0.15) is 9.40 Å². The molecule has 1 saturated heterocycles. The third-order valence-electron chi connectivity index (χ3n) is 4.17. The van der Waals surface area contributed by atoms with Crippen molar-refractivity contribution in [2.45, 2.75) is 30.6 Å². The Labute approximate surface area is 140 Å². The van der Waals surface area contributed by atoms with Crippen molar-refractivity contribution < 1.29 is 18.3 Å². The summed E-state index contributed by atoms with van der Waals surface area (Å²) in [4.78, 5) is 11.4. The third kappa shape index (κ3) is 3.34. The van der Waals surface area contributed by atoms with Gasteiger partial charge in [0.2, 0.25) is 10.0 Å². The molecule has 2 N–H and O–H groups in total. The van der Waals surface area contributed by atoms with Gasteiger partial charge in [0.15, 0.2) is 0 Å². The van der Waals surface area contributed by atoms with Crippen LogP contribution in [0.3, 0.4) is 0 Å². The van der Waals surface area contributed by atoms with Gasteiger partial charge in [-0.1, -0.05) is 12.8 Å². The van der Waals surface area contributed by atoms with E-state index in [4.69, 9.17) is 0 Å². The fourth-order valence-corrected chi connectivity index (χ4v) is 4.46. The van der Waals surface area contributed by atoms with Gasteiger partial charge in [0, 0.05) is 24.8 Å². The standard InChI is InChI=1S/C16H19N3O4S/c20-16(21)13-9-12(15-5-6-17-18-15)10-14(11-13)24(22,23)19-7-3-1-2-4-8-19/h5-6,9-11H,1-4,7-8H2,(H,17,18)(H,20,21). The summed E-state index contributed by atoms with van der Waals surface area (Å²) >= 11 is 0. The average Bonchev–Trinajstić information content (AvgIpc) is 2.96. The number of hydrogen-bond acceptors (Lipinski definition) is 4. The zero-order valence-corrected chi connectivity index (χ0v) is 13.9. The lowest BCUT2D eigenvalue weighted by atomic mass is 10.1. The van der Waals surface area contributed by atoms with Crippen molar-refractivity contribution in [2.75, 3.05) is 13.1 Å². The molecule has 0 unspecified atom stereocenters. The van der Waals surface area contributed by atoms with Gasteiger partial charge in [0.05, 0.1) is 16.2 Å². The van der Waals surface area contributed by atoms with E-state index in [1.165, 1.54) is 28.7 Å². The number of carboxylic acid groups (broad SMARTS) is 1. The van der Waals surface area contributed by atoms with Crippen molar-refractivity contribution >= 4 is 16.0 Å². The van der Waals surface area contributed by atoms with Gasteiger partial charge in [0.1, 0.15) is 0 Å². The predicted molar refractivity (Wildman–Crippen MR) is 88.2 cm³/mol. The van der Waals surface area contributed by atoms with Crippen LogP contribution in [-0.2, 0) is 10.0 Å². The van der Waals surface area contributed by atoms with Crippen LogP contribution in [0.25, 0.3) is 11.3 Å². The number of sulfonamides is 1. The number of carboxylic acids is 1. The molecule has 0 radical (unpaired) electrons. The molecule has 24 heavy (non-hydrogen) atoms. The number of H-pyrrole nitrogens is 1. The van der Waals surface area contributed by atoms with Crippen LogP contribution in [-0.4, -0.2) is 47.1 Å². The number of aromatic nitrogens is 2. The number of aromatic carboxylic acids is 1. The van der Waals surface area contributed by atoms with E-state index >= 15 is 0 Å². The van der Waals surface area contributed by atoms with Crippen molar-refractivity contribution in [1.29, 1.82) is 0 Å². The van der Waals surface area contributed by atoms with E-state index in [9.17, 15) is 18.3 Å². The van der Waals surface area contributed by atoms with Gasteiger partial charge in [-0.05, 0) is 37.1 Å². The topological polar surface area (TPSA) is 103 Å². The summed E-state index contributed by atoms with van der Waals surface area (Å²) < 4.78 is 27.3. The molecular formula is C16H19N3O4S. The molecule has 0 saturated carbocycles. The fraction of sp³-hybridized carbons (Fsp3) is 0.375. The summed E-state index contributed by atoms with van der Waals surface area (Å²) in [6, 6.07) is 5.84. The molecule has 1 aromatic heterocycles. The number of nitrogens with zero attached hydrogens (tertiary/aromatic N) is 2. The third-order valence-corrected chi connectivity index (χ3v) is 6.04. The zero-order chi connectivity index (χ0) is 17.2. The first kappa shape index (κ1) is 16.7. The molecule has 0 spiro atoms. The Kier molecular flexibility index (Phi) is 4.68. The smallest absolute Gasteiger partial charge is 0.335 e. The van der Waals surface area contributed by atoms with E-state index in [0.29, 0.717) is 24.3 Å². The molecule has 0 atom stereocenters. The highest BCUT2D eigenvalue weighted by Crippen LogP contribution is 2.26. The molecule has 2 aromatic rings. The summed E-state index contributed by atoms with van der Waals surface area (Å²) in [5, 5.41) is 15.9. The van der Waals surface area contributed by atoms with Crippen LogP contribution in [0.1, 0.15) is 36.0 Å². The quantitative estimate of drug-likeness (QED) is 0.882. The monoisotopic (exact) mass is 349 g/mol. The van der Waals surface area contributed by atoms with E-state index in [1.54, 1.807) is 6.07 Å². The highest BCUT2D eigenvalue weighted by molar-refractivity contribution is 7.89. The Morgan fingerprint density at radius 2 is 1.83 bits per heavy atom. The maximum Gasteiger partial charge on any atom is 0.335 e. The first-order valence-electron chi connectivity index (χ1n) is 7.87. The largest absolute Gasteiger partial charge is 0.478 e. The molecule has 128 valence electrons. The van der Waals surface area contributed by atoms with Crippen LogP contribution in [0.15, 0.2) is 35.4 Å². The molecule has 1 fully saturated rings. The molecule has 1 aliphatic rings. The lowest BCUT2D eigenvalue weighted by Gasteiger charge is -2.20. The Morgan fingerprint density at radius 1 is 1.12 bits per heavy atom. The van der Waals surface area contributed by atoms with Crippen molar-refractivity contribution in [1.82, 2.24) is 14.5 Å². The summed E-state index contributed by atoms with van der Waals surface area (Å²) in [6.07, 6.45) is 5.21. The first-order valence-corrected chi connectivity index (χ1v) is 9.31. The average molecular weight is 349 g/mol. The minimum Gasteiger partial charge on any atom is -0.478 e. The molecule has 0 amide bonds. The maximum absolute atomic E-state index is 12.9. The molecule has 0 bridgehead atoms. The second-order valence-corrected chi connectivity index (χ2v) is 7.78. The summed E-state index contributed by atoms with van der Waals surface area (Å²) in [7, 11) is -3.72. The van der Waals surface area contributed by atoms with E-state index in [1.807, 2.05) is 0 Å². The van der Waals surface area contributed by atoms with Gasteiger partial charge in [-0.25, -0.2) is 13.2 Å². The molecule has 8 heteroatoms. The van der Waals surface area contributed by atoms with E-state index in [2.05, 4.69) is 10.2 Å². The highest BCUT2D eigenvalue weighted by Gasteiger charge is 2.26. The number of rotatable bonds is 4. The maximum atomic E-state index is 12.9. The van der Waals surface area contributed by atoms with Crippen LogP contribution >= 0.6 is 0 Å². The Hall–Kier alpha value is -2.19. The predicted octanol–water partition coefficient (Wildman–Crippen LogP) is 2.34. The Bertz CT molecular complexity index is 823. The van der Waals surface area contributed by atoms with Crippen molar-refractivity contribution in [3.63, 3.8) is 0 Å². The van der Waals surface area contributed by atoms with E-state index in [0.717, 1.165) is 25.7 Å². The normalized spacial score (nSPS) is 16.7. The number of aromatic amines is 1. The van der Waals surface area contributed by atoms with Crippen LogP contribution in [0, 0.1) is 0 Å². The molecule has 0 aliphatic carbocycles. The van der Waals surface area contributed by atoms with E-state index in [-0.39, 0.29) is 10.5 Å². The lowest BCUT2D eigenvalue weighted by Crippen LogP contribution is -2.32. The van der Waals surface area contributed by atoms with Gasteiger partial charge in [-0.15, -0.1) is 0 Å². The van der Waals surface area contributed by atoms with Gasteiger partial charge in [0.25, 0.3) is 0 Å². The molecular weight excluding hydrogens is 330 g/mol. The van der Waals surface area contributed by atoms with Gasteiger partial charge in [-0.3, -0.25) is 5.10 Å². The molecule has 1 aliphatic heterocycles. The van der Waals surface area contributed by atoms with Crippen molar-refractivity contribution in [3.8, 4) is 11.3 Å². The molecule has 2 heterocycles. The number of benzene rings is 1. The van der Waals surface area contributed by atoms with Crippen LogP contribution in [0.2, 0.25) is 0 Å². The lowest BCUT2D eigenvalue weighted by molar-refractivity contribution is 0.0696. The second kappa shape index (κ2) is 6.74. The SMILES string of the molecule is O=C(O)c1cc(-c2ccn[nH]2)cc(S(=O)(=O)N2CCCCCC2)c1. The Balaban J connectivity index is 2.07. The highest BCUT2D eigenvalue weighted by atomic mass is 32.2. The molecule has 1 aromatic carbocycles. The Morgan fingerprint density at radius 3 is 2.42 bits per heavy atom. The fourth-order valence-electron chi connectivity index (χ4n) is 2.87. The van der Waals surface area contributed by atoms with Crippen molar-refractivity contribution in [3.05, 3.63) is 36.0 Å². The zero-order valence-electron chi connectivity index (χ0n) is 13.1. The minimum atomic E-state index is -3.72. The molecule has 3 rings (SSSR count). The summed E-state index contributed by atoms with van der Waals surface area (Å²) in [6.45, 7) is 0.943. The van der Waals surface area contributed by atoms with Crippen molar-refractivity contribution in [2.24, 2.45) is 0 Å². The second-order valence-electron chi connectivity index (χ2n) is 5.84. The van der Waals surface area contributed by atoms with Crippen LogP contribution in [0.4, 0.5) is 0 Å². The number of nitrogens with one attached hydrogen (secondary N) is 1.